The molecular weight excluding hydrogens is 228 g/mol. The van der Waals surface area contributed by atoms with E-state index in [2.05, 4.69) is 15.3 Å². The summed E-state index contributed by atoms with van der Waals surface area (Å²) in [5.74, 6) is 0.0883. The Morgan fingerprint density at radius 1 is 1.81 bits per heavy atom. The minimum Gasteiger partial charge on any atom is -0.480 e. The van der Waals surface area contributed by atoms with Gasteiger partial charge in [-0.1, -0.05) is 12.0 Å². The van der Waals surface area contributed by atoms with Gasteiger partial charge in [-0.05, 0) is 30.7 Å². The Balaban J connectivity index is 2.46. The van der Waals surface area contributed by atoms with Crippen molar-refractivity contribution < 1.29 is 9.90 Å². The summed E-state index contributed by atoms with van der Waals surface area (Å²) in [5, 5.41) is 15.9. The van der Waals surface area contributed by atoms with Gasteiger partial charge in [-0.3, -0.25) is 4.79 Å². The fraction of sp³-hybridized carbons (Fsp3) is 0.889. The van der Waals surface area contributed by atoms with Crippen molar-refractivity contribution >= 4 is 17.7 Å². The number of carboxylic acid groups (broad SMARTS) is 1. The van der Waals surface area contributed by atoms with E-state index < -0.39 is 11.5 Å². The maximum Gasteiger partial charge on any atom is 0.325 e. The van der Waals surface area contributed by atoms with Gasteiger partial charge in [0.15, 0.2) is 0 Å². The molecule has 0 bridgehead atoms. The lowest BCUT2D eigenvalue weighted by molar-refractivity contribution is -0.144. The average molecular weight is 244 g/mol. The highest BCUT2D eigenvalue weighted by Crippen LogP contribution is 2.35. The number of nitrogens with one attached hydrogen (secondary N) is 1. The van der Waals surface area contributed by atoms with Gasteiger partial charge in [0.1, 0.15) is 5.54 Å². The maximum absolute atomic E-state index is 11.3. The molecule has 0 amide bonds. The third kappa shape index (κ3) is 2.81. The van der Waals surface area contributed by atoms with E-state index in [1.54, 1.807) is 11.8 Å². The van der Waals surface area contributed by atoms with Crippen LogP contribution in [-0.4, -0.2) is 40.7 Å². The first-order chi connectivity index (χ1) is 7.63. The molecule has 1 aliphatic heterocycles. The number of aliphatic carboxylic acids is 1. The third-order valence-corrected chi connectivity index (χ3v) is 4.22. The van der Waals surface area contributed by atoms with E-state index in [9.17, 15) is 9.90 Å². The predicted molar refractivity (Wildman–Crippen MR) is 63.5 cm³/mol. The van der Waals surface area contributed by atoms with Crippen molar-refractivity contribution in [2.75, 3.05) is 18.8 Å². The lowest BCUT2D eigenvalue weighted by atomic mass is 9.92. The molecule has 0 saturated carbocycles. The minimum atomic E-state index is -0.805. The molecule has 1 aliphatic rings. The van der Waals surface area contributed by atoms with Gasteiger partial charge in [0.05, 0.1) is 0 Å². The SMILES string of the molecule is CC1SCCC1(NCCCN=[N+]=[N-])C(=O)O. The first kappa shape index (κ1) is 13.2. The Morgan fingerprint density at radius 3 is 3.06 bits per heavy atom. The highest BCUT2D eigenvalue weighted by atomic mass is 32.2. The molecule has 0 aromatic carbocycles. The number of carbonyl (C=O) groups is 1. The summed E-state index contributed by atoms with van der Waals surface area (Å²) in [6.07, 6.45) is 1.31. The molecule has 2 atom stereocenters. The third-order valence-electron chi connectivity index (χ3n) is 2.88. The number of thioether (sulfide) groups is 1. The zero-order valence-electron chi connectivity index (χ0n) is 9.22. The van der Waals surface area contributed by atoms with Gasteiger partial charge in [0, 0.05) is 16.7 Å². The molecule has 1 rings (SSSR count). The number of hydrogen-bond acceptors (Lipinski definition) is 4. The van der Waals surface area contributed by atoms with Gasteiger partial charge in [-0.25, -0.2) is 0 Å². The molecule has 0 aliphatic carbocycles. The van der Waals surface area contributed by atoms with Gasteiger partial charge < -0.3 is 10.4 Å². The normalized spacial score (nSPS) is 28.7. The van der Waals surface area contributed by atoms with Crippen molar-refractivity contribution in [2.45, 2.75) is 30.6 Å². The van der Waals surface area contributed by atoms with Gasteiger partial charge in [-0.2, -0.15) is 11.8 Å². The summed E-state index contributed by atoms with van der Waals surface area (Å²) in [7, 11) is 0. The van der Waals surface area contributed by atoms with E-state index in [1.807, 2.05) is 6.92 Å². The van der Waals surface area contributed by atoms with E-state index in [0.29, 0.717) is 25.9 Å². The second kappa shape index (κ2) is 5.98. The van der Waals surface area contributed by atoms with E-state index in [4.69, 9.17) is 5.53 Å². The molecule has 0 spiro atoms. The van der Waals surface area contributed by atoms with Crippen molar-refractivity contribution in [1.29, 1.82) is 0 Å². The van der Waals surface area contributed by atoms with Crippen LogP contribution in [0.1, 0.15) is 19.8 Å². The summed E-state index contributed by atoms with van der Waals surface area (Å²) < 4.78 is 0. The second-order valence-electron chi connectivity index (χ2n) is 3.77. The summed E-state index contributed by atoms with van der Waals surface area (Å²) in [5.41, 5.74) is 7.29. The average Bonchev–Trinajstić information content (AvgIpc) is 2.61. The lowest BCUT2D eigenvalue weighted by Crippen LogP contribution is -2.56. The van der Waals surface area contributed by atoms with Crippen molar-refractivity contribution in [1.82, 2.24) is 5.32 Å². The van der Waals surface area contributed by atoms with Crippen molar-refractivity contribution in [3.05, 3.63) is 10.4 Å². The molecule has 1 saturated heterocycles. The van der Waals surface area contributed by atoms with Crippen LogP contribution in [0.15, 0.2) is 5.11 Å². The molecule has 1 fully saturated rings. The van der Waals surface area contributed by atoms with Crippen LogP contribution in [0.3, 0.4) is 0 Å². The number of nitrogens with zero attached hydrogens (tertiary/aromatic N) is 3. The highest BCUT2D eigenvalue weighted by molar-refractivity contribution is 8.00. The van der Waals surface area contributed by atoms with Crippen LogP contribution >= 0.6 is 11.8 Å². The van der Waals surface area contributed by atoms with Crippen LogP contribution in [0.4, 0.5) is 0 Å². The lowest BCUT2D eigenvalue weighted by Gasteiger charge is -2.29. The fourth-order valence-electron chi connectivity index (χ4n) is 1.84. The predicted octanol–water partition coefficient (Wildman–Crippen LogP) is 1.63. The largest absolute Gasteiger partial charge is 0.480 e. The van der Waals surface area contributed by atoms with Crippen molar-refractivity contribution in [3.8, 4) is 0 Å². The number of rotatable bonds is 6. The highest BCUT2D eigenvalue weighted by Gasteiger charge is 2.47. The Bertz CT molecular complexity index is 306. The monoisotopic (exact) mass is 244 g/mol. The van der Waals surface area contributed by atoms with Gasteiger partial charge >= 0.3 is 5.97 Å². The molecule has 2 unspecified atom stereocenters. The molecule has 6 nitrogen and oxygen atoms in total. The number of hydrogen-bond donors (Lipinski definition) is 2. The molecule has 16 heavy (non-hydrogen) atoms. The van der Waals surface area contributed by atoms with Crippen LogP contribution in [0.2, 0.25) is 0 Å². The van der Waals surface area contributed by atoms with Crippen LogP contribution in [-0.2, 0) is 4.79 Å². The van der Waals surface area contributed by atoms with E-state index in [1.165, 1.54) is 0 Å². The molecule has 2 N–H and O–H groups in total. The summed E-state index contributed by atoms with van der Waals surface area (Å²) in [4.78, 5) is 13.9. The zero-order chi connectivity index (χ0) is 12.0. The van der Waals surface area contributed by atoms with Gasteiger partial charge in [0.25, 0.3) is 0 Å². The topological polar surface area (TPSA) is 98.1 Å². The fourth-order valence-corrected chi connectivity index (χ4v) is 3.22. The van der Waals surface area contributed by atoms with Crippen LogP contribution in [0.25, 0.3) is 10.4 Å². The molecule has 0 aromatic rings. The quantitative estimate of drug-likeness (QED) is 0.321. The van der Waals surface area contributed by atoms with Crippen LogP contribution < -0.4 is 5.32 Å². The summed E-state index contributed by atoms with van der Waals surface area (Å²) in [6, 6.07) is 0. The molecular formula is C9H16N4O2S. The zero-order valence-corrected chi connectivity index (χ0v) is 10.0. The number of carboxylic acids is 1. The molecule has 90 valence electrons. The van der Waals surface area contributed by atoms with Crippen molar-refractivity contribution in [3.63, 3.8) is 0 Å². The molecule has 1 heterocycles. The van der Waals surface area contributed by atoms with Gasteiger partial charge in [-0.15, -0.1) is 0 Å². The van der Waals surface area contributed by atoms with Crippen LogP contribution in [0.5, 0.6) is 0 Å². The Kier molecular flexibility index (Phi) is 4.92. The minimum absolute atomic E-state index is 0.0736. The number of azide groups is 1. The Morgan fingerprint density at radius 2 is 2.56 bits per heavy atom. The molecule has 0 aromatic heterocycles. The second-order valence-corrected chi connectivity index (χ2v) is 5.22. The summed E-state index contributed by atoms with van der Waals surface area (Å²) >= 11 is 1.68. The summed E-state index contributed by atoms with van der Waals surface area (Å²) in [6.45, 7) is 2.91. The molecule has 7 heteroatoms. The van der Waals surface area contributed by atoms with Crippen LogP contribution in [0, 0.1) is 0 Å². The van der Waals surface area contributed by atoms with E-state index in [-0.39, 0.29) is 5.25 Å². The maximum atomic E-state index is 11.3. The first-order valence-electron chi connectivity index (χ1n) is 5.24. The smallest absolute Gasteiger partial charge is 0.325 e. The van der Waals surface area contributed by atoms with Gasteiger partial charge in [0.2, 0.25) is 0 Å². The Hall–Kier alpha value is -0.910. The first-order valence-corrected chi connectivity index (χ1v) is 6.29. The standard InChI is InChI=1S/C9H16N4O2S/c1-7-9(8(14)15,3-6-16-7)11-4-2-5-12-13-10/h7,11H,2-6H2,1H3,(H,14,15). The molecule has 0 radical (unpaired) electrons. The van der Waals surface area contributed by atoms with E-state index >= 15 is 0 Å². The Labute approximate surface area is 98.4 Å². The van der Waals surface area contributed by atoms with Crippen molar-refractivity contribution in [2.24, 2.45) is 5.11 Å². The van der Waals surface area contributed by atoms with E-state index in [0.717, 1.165) is 5.75 Å².